The van der Waals surface area contributed by atoms with E-state index in [9.17, 15) is 18.0 Å². The summed E-state index contributed by atoms with van der Waals surface area (Å²) in [6, 6.07) is 11.1. The zero-order valence-corrected chi connectivity index (χ0v) is 14.6. The Labute approximate surface area is 151 Å². The molecule has 1 heterocycles. The highest BCUT2D eigenvalue weighted by Crippen LogP contribution is 2.35. The van der Waals surface area contributed by atoms with Crippen LogP contribution < -0.4 is 0 Å². The standard InChI is InChI=1S/C20H21F3N2O/c1-24-7-9-25(10-8-24)13-18-6-5-17(12-19(18)20(21,22)23)16-4-2-3-15(11-16)14-26/h2-6,11-12,14H,7-10,13H2,1H3. The molecule has 138 valence electrons. The maximum Gasteiger partial charge on any atom is 0.416 e. The quantitative estimate of drug-likeness (QED) is 0.770. The van der Waals surface area contributed by atoms with E-state index in [-0.39, 0.29) is 12.1 Å². The van der Waals surface area contributed by atoms with E-state index in [1.807, 2.05) is 7.05 Å². The number of carbonyl (C=O) groups excluding carboxylic acids is 1. The highest BCUT2D eigenvalue weighted by Gasteiger charge is 2.34. The summed E-state index contributed by atoms with van der Waals surface area (Å²) in [5.74, 6) is 0. The molecule has 0 aliphatic carbocycles. The van der Waals surface area contributed by atoms with Crippen LogP contribution in [0, 0.1) is 0 Å². The molecule has 1 aliphatic rings. The minimum Gasteiger partial charge on any atom is -0.304 e. The van der Waals surface area contributed by atoms with Gasteiger partial charge in [-0.2, -0.15) is 13.2 Å². The van der Waals surface area contributed by atoms with Crippen LogP contribution >= 0.6 is 0 Å². The number of benzene rings is 2. The van der Waals surface area contributed by atoms with Gasteiger partial charge in [0.15, 0.2) is 0 Å². The number of aldehydes is 1. The Balaban J connectivity index is 1.92. The number of hydrogen-bond acceptors (Lipinski definition) is 3. The number of piperazine rings is 1. The lowest BCUT2D eigenvalue weighted by Gasteiger charge is -2.33. The molecule has 3 nitrogen and oxygen atoms in total. The fourth-order valence-corrected chi connectivity index (χ4v) is 3.20. The fourth-order valence-electron chi connectivity index (χ4n) is 3.20. The molecule has 0 saturated carbocycles. The Morgan fingerprint density at radius 1 is 1.00 bits per heavy atom. The van der Waals surface area contributed by atoms with Crippen molar-refractivity contribution in [3.05, 3.63) is 59.2 Å². The zero-order chi connectivity index (χ0) is 18.7. The maximum atomic E-state index is 13.6. The van der Waals surface area contributed by atoms with E-state index in [2.05, 4.69) is 9.80 Å². The van der Waals surface area contributed by atoms with Crippen molar-refractivity contribution in [1.82, 2.24) is 9.80 Å². The lowest BCUT2D eigenvalue weighted by molar-refractivity contribution is -0.138. The summed E-state index contributed by atoms with van der Waals surface area (Å²) in [7, 11) is 2.01. The summed E-state index contributed by atoms with van der Waals surface area (Å²) in [5.41, 5.74) is 1.19. The van der Waals surface area contributed by atoms with Gasteiger partial charge in [0.2, 0.25) is 0 Å². The average molecular weight is 362 g/mol. The molecule has 0 amide bonds. The van der Waals surface area contributed by atoms with E-state index in [0.717, 1.165) is 26.2 Å². The first kappa shape index (κ1) is 18.6. The first-order valence-corrected chi connectivity index (χ1v) is 8.53. The lowest BCUT2D eigenvalue weighted by atomic mass is 9.97. The Kier molecular flexibility index (Phi) is 5.44. The number of likely N-dealkylation sites (N-methyl/N-ethyl adjacent to an activating group) is 1. The van der Waals surface area contributed by atoms with Gasteiger partial charge >= 0.3 is 6.18 Å². The smallest absolute Gasteiger partial charge is 0.304 e. The molecule has 0 N–H and O–H groups in total. The van der Waals surface area contributed by atoms with Gasteiger partial charge in [-0.25, -0.2) is 0 Å². The summed E-state index contributed by atoms with van der Waals surface area (Å²) in [5, 5.41) is 0. The van der Waals surface area contributed by atoms with Gasteiger partial charge < -0.3 is 4.90 Å². The van der Waals surface area contributed by atoms with Crippen molar-refractivity contribution < 1.29 is 18.0 Å². The van der Waals surface area contributed by atoms with Gasteiger partial charge in [0, 0.05) is 38.3 Å². The maximum absolute atomic E-state index is 13.6. The molecule has 1 fully saturated rings. The van der Waals surface area contributed by atoms with Crippen molar-refractivity contribution in [3.8, 4) is 11.1 Å². The third-order valence-corrected chi connectivity index (χ3v) is 4.76. The molecule has 3 rings (SSSR count). The summed E-state index contributed by atoms with van der Waals surface area (Å²) in [4.78, 5) is 15.1. The van der Waals surface area contributed by atoms with E-state index >= 15 is 0 Å². The Morgan fingerprint density at radius 3 is 2.35 bits per heavy atom. The van der Waals surface area contributed by atoms with E-state index in [4.69, 9.17) is 0 Å². The molecule has 6 heteroatoms. The number of halogens is 3. The summed E-state index contributed by atoms with van der Waals surface area (Å²) in [6.45, 7) is 3.53. The van der Waals surface area contributed by atoms with Gasteiger partial charge in [0.25, 0.3) is 0 Å². The predicted octanol–water partition coefficient (Wildman–Crippen LogP) is 3.93. The topological polar surface area (TPSA) is 23.6 Å². The molecule has 2 aromatic carbocycles. The van der Waals surface area contributed by atoms with Crippen LogP contribution in [0.25, 0.3) is 11.1 Å². The number of rotatable bonds is 4. The molecular weight excluding hydrogens is 341 g/mol. The average Bonchev–Trinajstić information content (AvgIpc) is 2.63. The number of carbonyl (C=O) groups is 1. The van der Waals surface area contributed by atoms with Crippen LogP contribution in [0.2, 0.25) is 0 Å². The molecule has 2 aromatic rings. The van der Waals surface area contributed by atoms with E-state index in [1.165, 1.54) is 6.07 Å². The molecule has 0 unspecified atom stereocenters. The van der Waals surface area contributed by atoms with Crippen molar-refractivity contribution in [1.29, 1.82) is 0 Å². The molecule has 1 aliphatic heterocycles. The third-order valence-electron chi connectivity index (χ3n) is 4.76. The molecule has 26 heavy (non-hydrogen) atoms. The van der Waals surface area contributed by atoms with Gasteiger partial charge in [-0.05, 0) is 35.9 Å². The molecular formula is C20H21F3N2O. The number of alkyl halides is 3. The second kappa shape index (κ2) is 7.60. The van der Waals surface area contributed by atoms with Crippen LogP contribution in [0.3, 0.4) is 0 Å². The molecule has 0 atom stereocenters. The third kappa shape index (κ3) is 4.31. The van der Waals surface area contributed by atoms with Crippen LogP contribution in [0.1, 0.15) is 21.5 Å². The largest absolute Gasteiger partial charge is 0.416 e. The van der Waals surface area contributed by atoms with Gasteiger partial charge in [0.05, 0.1) is 5.56 Å². The van der Waals surface area contributed by atoms with Crippen molar-refractivity contribution in [2.75, 3.05) is 33.2 Å². The van der Waals surface area contributed by atoms with Gasteiger partial charge in [0.1, 0.15) is 6.29 Å². The van der Waals surface area contributed by atoms with Gasteiger partial charge in [-0.3, -0.25) is 9.69 Å². The molecule has 0 bridgehead atoms. The van der Waals surface area contributed by atoms with Gasteiger partial charge in [-0.15, -0.1) is 0 Å². The highest BCUT2D eigenvalue weighted by atomic mass is 19.4. The molecule has 0 radical (unpaired) electrons. The van der Waals surface area contributed by atoms with Crippen LogP contribution in [-0.2, 0) is 12.7 Å². The zero-order valence-electron chi connectivity index (χ0n) is 14.6. The van der Waals surface area contributed by atoms with E-state index < -0.39 is 11.7 Å². The minimum absolute atomic E-state index is 0.289. The molecule has 1 saturated heterocycles. The summed E-state index contributed by atoms with van der Waals surface area (Å²) in [6.07, 6.45) is -3.73. The Bertz CT molecular complexity index is 781. The predicted molar refractivity (Wildman–Crippen MR) is 95.0 cm³/mol. The van der Waals surface area contributed by atoms with Crippen molar-refractivity contribution in [2.45, 2.75) is 12.7 Å². The van der Waals surface area contributed by atoms with Crippen molar-refractivity contribution in [2.24, 2.45) is 0 Å². The normalized spacial score (nSPS) is 16.6. The lowest BCUT2D eigenvalue weighted by Crippen LogP contribution is -2.44. The van der Waals surface area contributed by atoms with E-state index in [0.29, 0.717) is 23.0 Å². The van der Waals surface area contributed by atoms with Crippen LogP contribution in [-0.4, -0.2) is 49.3 Å². The summed E-state index contributed by atoms with van der Waals surface area (Å²) < 4.78 is 40.9. The van der Waals surface area contributed by atoms with E-state index in [1.54, 1.807) is 36.4 Å². The Morgan fingerprint density at radius 2 is 1.69 bits per heavy atom. The number of hydrogen-bond donors (Lipinski definition) is 0. The highest BCUT2D eigenvalue weighted by molar-refractivity contribution is 5.79. The molecule has 0 spiro atoms. The van der Waals surface area contributed by atoms with Crippen LogP contribution in [0.4, 0.5) is 13.2 Å². The SMILES string of the molecule is CN1CCN(Cc2ccc(-c3cccc(C=O)c3)cc2C(F)(F)F)CC1. The Hall–Kier alpha value is -2.18. The van der Waals surface area contributed by atoms with Gasteiger partial charge in [-0.1, -0.05) is 30.3 Å². The minimum atomic E-state index is -4.42. The second-order valence-corrected chi connectivity index (χ2v) is 6.69. The fraction of sp³-hybridized carbons (Fsp3) is 0.350. The molecule has 0 aromatic heterocycles. The summed E-state index contributed by atoms with van der Waals surface area (Å²) >= 11 is 0. The van der Waals surface area contributed by atoms with Crippen LogP contribution in [0.15, 0.2) is 42.5 Å². The first-order valence-electron chi connectivity index (χ1n) is 8.53. The second-order valence-electron chi connectivity index (χ2n) is 6.69. The first-order chi connectivity index (χ1) is 12.4. The van der Waals surface area contributed by atoms with Crippen molar-refractivity contribution in [3.63, 3.8) is 0 Å². The van der Waals surface area contributed by atoms with Crippen LogP contribution in [0.5, 0.6) is 0 Å². The monoisotopic (exact) mass is 362 g/mol. The van der Waals surface area contributed by atoms with Crippen molar-refractivity contribution >= 4 is 6.29 Å². The number of nitrogens with zero attached hydrogens (tertiary/aromatic N) is 2.